The van der Waals surface area contributed by atoms with Gasteiger partial charge in [0.2, 0.25) is 0 Å². The van der Waals surface area contributed by atoms with E-state index in [1.54, 1.807) is 7.11 Å². The molecule has 3 nitrogen and oxygen atoms in total. The Bertz CT molecular complexity index is 579. The molecule has 0 aliphatic carbocycles. The molecule has 0 amide bonds. The summed E-state index contributed by atoms with van der Waals surface area (Å²) in [5.74, 6) is 1.35. The summed E-state index contributed by atoms with van der Waals surface area (Å²) >= 11 is 0. The predicted octanol–water partition coefficient (Wildman–Crippen LogP) is 3.23. The fourth-order valence-electron chi connectivity index (χ4n) is 3.23. The molecule has 0 unspecified atom stereocenters. The number of hydrogen-bond acceptors (Lipinski definition) is 3. The van der Waals surface area contributed by atoms with Gasteiger partial charge in [-0.25, -0.2) is 0 Å². The summed E-state index contributed by atoms with van der Waals surface area (Å²) in [5.41, 5.74) is 2.40. The first-order valence-electron chi connectivity index (χ1n) is 7.72. The van der Waals surface area contributed by atoms with Gasteiger partial charge in [-0.3, -0.25) is 0 Å². The van der Waals surface area contributed by atoms with E-state index in [0.717, 1.165) is 17.7 Å². The fourth-order valence-corrected chi connectivity index (χ4v) is 3.23. The third-order valence-corrected chi connectivity index (χ3v) is 4.48. The van der Waals surface area contributed by atoms with Crippen LogP contribution in [-0.2, 0) is 11.2 Å². The fraction of sp³-hybridized carbons (Fsp3) is 0.368. The molecule has 3 heteroatoms. The van der Waals surface area contributed by atoms with E-state index in [1.165, 1.54) is 5.56 Å². The van der Waals surface area contributed by atoms with Crippen LogP contribution in [0.4, 0.5) is 0 Å². The minimum atomic E-state index is -0.00514. The molecule has 0 aromatic heterocycles. The molecule has 22 heavy (non-hydrogen) atoms. The van der Waals surface area contributed by atoms with E-state index in [1.807, 2.05) is 30.3 Å². The van der Waals surface area contributed by atoms with Crippen molar-refractivity contribution in [3.05, 3.63) is 65.7 Å². The van der Waals surface area contributed by atoms with Gasteiger partial charge in [0.05, 0.1) is 19.8 Å². The molecule has 1 saturated heterocycles. The Kier molecular flexibility index (Phi) is 4.76. The van der Waals surface area contributed by atoms with E-state index >= 15 is 0 Å². The number of aliphatic hydroxyl groups is 1. The van der Waals surface area contributed by atoms with Crippen LogP contribution in [0.5, 0.6) is 5.75 Å². The van der Waals surface area contributed by atoms with Crippen LogP contribution in [0.1, 0.15) is 17.2 Å². The normalized spacial score (nSPS) is 24.4. The Labute approximate surface area is 131 Å². The van der Waals surface area contributed by atoms with Gasteiger partial charge in [-0.15, -0.1) is 0 Å². The van der Waals surface area contributed by atoms with Crippen LogP contribution in [0.3, 0.4) is 0 Å². The molecule has 1 heterocycles. The summed E-state index contributed by atoms with van der Waals surface area (Å²) in [6, 6.07) is 18.3. The number of rotatable bonds is 5. The molecule has 2 aromatic rings. The topological polar surface area (TPSA) is 38.7 Å². The van der Waals surface area contributed by atoms with Gasteiger partial charge in [0.25, 0.3) is 0 Å². The highest BCUT2D eigenvalue weighted by Crippen LogP contribution is 2.39. The van der Waals surface area contributed by atoms with Crippen molar-refractivity contribution in [3.63, 3.8) is 0 Å². The van der Waals surface area contributed by atoms with Gasteiger partial charge in [0, 0.05) is 12.5 Å². The maximum absolute atomic E-state index is 9.83. The highest BCUT2D eigenvalue weighted by Gasteiger charge is 2.37. The Morgan fingerprint density at radius 3 is 2.45 bits per heavy atom. The second-order valence-corrected chi connectivity index (χ2v) is 5.82. The summed E-state index contributed by atoms with van der Waals surface area (Å²) in [7, 11) is 1.67. The second-order valence-electron chi connectivity index (χ2n) is 5.82. The molecular weight excluding hydrogens is 276 g/mol. The molecule has 2 aromatic carbocycles. The van der Waals surface area contributed by atoms with Crippen LogP contribution in [0.2, 0.25) is 0 Å². The minimum absolute atomic E-state index is 0.00514. The van der Waals surface area contributed by atoms with Crippen LogP contribution >= 0.6 is 0 Å². The van der Waals surface area contributed by atoms with E-state index in [4.69, 9.17) is 9.47 Å². The molecule has 0 radical (unpaired) electrons. The van der Waals surface area contributed by atoms with Crippen LogP contribution in [0.15, 0.2) is 54.6 Å². The minimum Gasteiger partial charge on any atom is -0.497 e. The molecule has 3 rings (SSSR count). The Balaban J connectivity index is 1.71. The molecule has 3 atom stereocenters. The largest absolute Gasteiger partial charge is 0.497 e. The molecule has 116 valence electrons. The lowest BCUT2D eigenvalue weighted by atomic mass is 9.84. The van der Waals surface area contributed by atoms with Crippen molar-refractivity contribution in [2.75, 3.05) is 20.3 Å². The summed E-state index contributed by atoms with van der Waals surface area (Å²) < 4.78 is 11.2. The number of hydrogen-bond donors (Lipinski definition) is 1. The number of benzene rings is 2. The Morgan fingerprint density at radius 1 is 1.09 bits per heavy atom. The summed E-state index contributed by atoms with van der Waals surface area (Å²) in [4.78, 5) is 0. The molecule has 0 bridgehead atoms. The smallest absolute Gasteiger partial charge is 0.118 e. The number of ether oxygens (including phenoxy) is 2. The zero-order valence-corrected chi connectivity index (χ0v) is 12.8. The first-order chi connectivity index (χ1) is 10.8. The van der Waals surface area contributed by atoms with Gasteiger partial charge in [-0.05, 0) is 35.6 Å². The van der Waals surface area contributed by atoms with Gasteiger partial charge in [0.15, 0.2) is 0 Å². The molecular formula is C19H22O3. The highest BCUT2D eigenvalue weighted by atomic mass is 16.5. The molecule has 1 fully saturated rings. The average molecular weight is 298 g/mol. The van der Waals surface area contributed by atoms with E-state index < -0.39 is 0 Å². The third kappa shape index (κ3) is 3.16. The van der Waals surface area contributed by atoms with E-state index in [0.29, 0.717) is 12.5 Å². The zero-order valence-electron chi connectivity index (χ0n) is 12.8. The van der Waals surface area contributed by atoms with Crippen molar-refractivity contribution in [1.82, 2.24) is 0 Å². The van der Waals surface area contributed by atoms with Gasteiger partial charge in [-0.1, -0.05) is 42.5 Å². The van der Waals surface area contributed by atoms with Crippen molar-refractivity contribution in [2.24, 2.45) is 11.8 Å². The van der Waals surface area contributed by atoms with Crippen LogP contribution in [0, 0.1) is 11.8 Å². The SMILES string of the molecule is COc1ccc(C[C@H]2CO[C@H](c3ccccc3)[C@H]2CO)cc1. The van der Waals surface area contributed by atoms with Crippen LogP contribution < -0.4 is 4.74 Å². The number of aliphatic hydroxyl groups excluding tert-OH is 1. The maximum atomic E-state index is 9.83. The lowest BCUT2D eigenvalue weighted by Gasteiger charge is -2.21. The second kappa shape index (κ2) is 6.95. The van der Waals surface area contributed by atoms with Crippen molar-refractivity contribution in [3.8, 4) is 5.75 Å². The lowest BCUT2D eigenvalue weighted by molar-refractivity contribution is 0.0719. The molecule has 0 spiro atoms. The summed E-state index contributed by atoms with van der Waals surface area (Å²) in [5, 5.41) is 9.83. The van der Waals surface area contributed by atoms with E-state index in [9.17, 15) is 5.11 Å². The van der Waals surface area contributed by atoms with Gasteiger partial charge < -0.3 is 14.6 Å². The molecule has 1 aliphatic heterocycles. The quantitative estimate of drug-likeness (QED) is 0.921. The molecule has 1 aliphatic rings. The molecule has 1 N–H and O–H groups in total. The van der Waals surface area contributed by atoms with E-state index in [-0.39, 0.29) is 18.6 Å². The van der Waals surface area contributed by atoms with Crippen molar-refractivity contribution in [2.45, 2.75) is 12.5 Å². The summed E-state index contributed by atoms with van der Waals surface area (Å²) in [6.07, 6.45) is 0.910. The van der Waals surface area contributed by atoms with Gasteiger partial charge in [0.1, 0.15) is 5.75 Å². The van der Waals surface area contributed by atoms with Crippen molar-refractivity contribution < 1.29 is 14.6 Å². The van der Waals surface area contributed by atoms with Gasteiger partial charge in [-0.2, -0.15) is 0 Å². The third-order valence-electron chi connectivity index (χ3n) is 4.48. The summed E-state index contributed by atoms with van der Waals surface area (Å²) in [6.45, 7) is 0.844. The first kappa shape index (κ1) is 15.1. The Morgan fingerprint density at radius 2 is 1.82 bits per heavy atom. The maximum Gasteiger partial charge on any atom is 0.118 e. The monoisotopic (exact) mass is 298 g/mol. The predicted molar refractivity (Wildman–Crippen MR) is 85.9 cm³/mol. The zero-order chi connectivity index (χ0) is 15.4. The first-order valence-corrected chi connectivity index (χ1v) is 7.72. The number of methoxy groups -OCH3 is 1. The van der Waals surface area contributed by atoms with Crippen LogP contribution in [-0.4, -0.2) is 25.4 Å². The van der Waals surface area contributed by atoms with Crippen molar-refractivity contribution in [1.29, 1.82) is 0 Å². The standard InChI is InChI=1S/C19H22O3/c1-21-17-9-7-14(8-10-17)11-16-13-22-19(18(16)12-20)15-5-3-2-4-6-15/h2-10,16,18-20H,11-13H2,1H3/t16-,18-,19+/m0/s1. The lowest BCUT2D eigenvalue weighted by Crippen LogP contribution is -2.21. The highest BCUT2D eigenvalue weighted by molar-refractivity contribution is 5.28. The Hall–Kier alpha value is -1.84. The van der Waals surface area contributed by atoms with Crippen molar-refractivity contribution >= 4 is 0 Å². The van der Waals surface area contributed by atoms with Gasteiger partial charge >= 0.3 is 0 Å². The average Bonchev–Trinajstić information content (AvgIpc) is 2.99. The van der Waals surface area contributed by atoms with E-state index in [2.05, 4.69) is 24.3 Å². The van der Waals surface area contributed by atoms with Crippen LogP contribution in [0.25, 0.3) is 0 Å². The molecule has 0 saturated carbocycles.